The number of carbonyl (C=O) groups is 2. The van der Waals surface area contributed by atoms with E-state index in [1.165, 1.54) is 12.3 Å². The second-order valence-corrected chi connectivity index (χ2v) is 7.66. The fourth-order valence-corrected chi connectivity index (χ4v) is 3.35. The van der Waals surface area contributed by atoms with Crippen LogP contribution < -0.4 is 20.1 Å². The van der Waals surface area contributed by atoms with Gasteiger partial charge in [0, 0.05) is 11.6 Å². The van der Waals surface area contributed by atoms with Crippen LogP contribution in [0.25, 0.3) is 6.08 Å². The van der Waals surface area contributed by atoms with Crippen LogP contribution in [0.2, 0.25) is 0 Å². The van der Waals surface area contributed by atoms with Gasteiger partial charge in [0.1, 0.15) is 11.5 Å². The molecule has 3 aromatic rings. The van der Waals surface area contributed by atoms with Gasteiger partial charge in [-0.2, -0.15) is 0 Å². The molecule has 2 aromatic carbocycles. The first-order valence-corrected chi connectivity index (χ1v) is 11.2. The van der Waals surface area contributed by atoms with Crippen molar-refractivity contribution in [3.63, 3.8) is 0 Å². The molecule has 0 unspecified atom stereocenters. The number of aryl methyl sites for hydroxylation is 1. The molecule has 178 valence electrons. The van der Waals surface area contributed by atoms with Gasteiger partial charge in [-0.1, -0.05) is 23.8 Å². The third-order valence-corrected chi connectivity index (χ3v) is 5.02. The van der Waals surface area contributed by atoms with E-state index in [4.69, 9.17) is 13.9 Å². The molecular weight excluding hydrogens is 432 g/mol. The summed E-state index contributed by atoms with van der Waals surface area (Å²) in [5, 5.41) is 5.66. The van der Waals surface area contributed by atoms with Gasteiger partial charge in [-0.3, -0.25) is 9.59 Å². The van der Waals surface area contributed by atoms with Crippen LogP contribution >= 0.6 is 0 Å². The summed E-state index contributed by atoms with van der Waals surface area (Å²) < 4.78 is 16.7. The van der Waals surface area contributed by atoms with Gasteiger partial charge in [-0.05, 0) is 69.7 Å². The molecule has 0 spiro atoms. The standard InChI is InChI=1S/C27H30N2O5/c1-5-32-24-13-12-20(16-25(24)33-6-2)19(4)28-27(31)23(17-22-11-8-14-34-22)29-26(30)21-10-7-9-18(3)15-21/h7-17,19H,5-6H2,1-4H3,(H,28,31)(H,29,30)/b23-17-/t19-/m1/s1. The van der Waals surface area contributed by atoms with Gasteiger partial charge < -0.3 is 24.5 Å². The Morgan fingerprint density at radius 1 is 1.00 bits per heavy atom. The Morgan fingerprint density at radius 3 is 2.44 bits per heavy atom. The van der Waals surface area contributed by atoms with Crippen LogP contribution in [-0.4, -0.2) is 25.0 Å². The lowest BCUT2D eigenvalue weighted by atomic mass is 10.1. The number of amides is 2. The first-order chi connectivity index (χ1) is 16.4. The van der Waals surface area contributed by atoms with E-state index in [1.807, 2.05) is 52.0 Å². The van der Waals surface area contributed by atoms with E-state index < -0.39 is 5.91 Å². The molecule has 0 saturated carbocycles. The van der Waals surface area contributed by atoms with Crippen molar-refractivity contribution in [3.8, 4) is 11.5 Å². The summed E-state index contributed by atoms with van der Waals surface area (Å²) in [4.78, 5) is 26.0. The second kappa shape index (κ2) is 11.7. The molecule has 1 heterocycles. The van der Waals surface area contributed by atoms with E-state index >= 15 is 0 Å². The minimum absolute atomic E-state index is 0.0734. The van der Waals surface area contributed by atoms with E-state index in [0.717, 1.165) is 11.1 Å². The molecule has 0 saturated heterocycles. The molecule has 2 N–H and O–H groups in total. The summed E-state index contributed by atoms with van der Waals surface area (Å²) in [6, 6.07) is 15.8. The molecule has 0 bridgehead atoms. The maximum atomic E-state index is 13.2. The Labute approximate surface area is 199 Å². The van der Waals surface area contributed by atoms with Crippen molar-refractivity contribution in [3.05, 3.63) is 89.0 Å². The van der Waals surface area contributed by atoms with Gasteiger partial charge in [0.25, 0.3) is 11.8 Å². The molecule has 3 rings (SSSR count). The minimum Gasteiger partial charge on any atom is -0.490 e. The van der Waals surface area contributed by atoms with Crippen molar-refractivity contribution < 1.29 is 23.5 Å². The highest BCUT2D eigenvalue weighted by molar-refractivity contribution is 6.05. The Kier molecular flexibility index (Phi) is 8.51. The first kappa shape index (κ1) is 24.6. The Balaban J connectivity index is 1.81. The van der Waals surface area contributed by atoms with Gasteiger partial charge in [-0.15, -0.1) is 0 Å². The van der Waals surface area contributed by atoms with Crippen LogP contribution in [0.4, 0.5) is 0 Å². The van der Waals surface area contributed by atoms with Crippen LogP contribution in [0.15, 0.2) is 71.0 Å². The Bertz CT molecular complexity index is 1150. The van der Waals surface area contributed by atoms with Crippen molar-refractivity contribution in [1.29, 1.82) is 0 Å². The number of hydrogen-bond acceptors (Lipinski definition) is 5. The van der Waals surface area contributed by atoms with E-state index in [-0.39, 0.29) is 17.6 Å². The molecule has 0 aliphatic rings. The maximum Gasteiger partial charge on any atom is 0.268 e. The summed E-state index contributed by atoms with van der Waals surface area (Å²) in [7, 11) is 0. The number of hydrogen-bond donors (Lipinski definition) is 2. The van der Waals surface area contributed by atoms with Crippen molar-refractivity contribution in [2.45, 2.75) is 33.7 Å². The molecule has 2 amide bonds. The summed E-state index contributed by atoms with van der Waals surface area (Å²) in [5.41, 5.74) is 2.31. The average molecular weight is 463 g/mol. The van der Waals surface area contributed by atoms with E-state index in [1.54, 1.807) is 30.3 Å². The maximum absolute atomic E-state index is 13.2. The Hall–Kier alpha value is -4.00. The van der Waals surface area contributed by atoms with Crippen molar-refractivity contribution in [1.82, 2.24) is 10.6 Å². The normalized spacial score (nSPS) is 12.1. The van der Waals surface area contributed by atoms with E-state index in [9.17, 15) is 9.59 Å². The Morgan fingerprint density at radius 2 is 1.76 bits per heavy atom. The third kappa shape index (κ3) is 6.51. The molecule has 0 aliphatic carbocycles. The van der Waals surface area contributed by atoms with Crippen LogP contribution in [0, 0.1) is 6.92 Å². The van der Waals surface area contributed by atoms with E-state index in [0.29, 0.717) is 36.0 Å². The molecule has 0 radical (unpaired) electrons. The van der Waals surface area contributed by atoms with Crippen molar-refractivity contribution in [2.75, 3.05) is 13.2 Å². The topological polar surface area (TPSA) is 89.8 Å². The summed E-state index contributed by atoms with van der Waals surface area (Å²) in [6.45, 7) is 8.58. The lowest BCUT2D eigenvalue weighted by molar-refractivity contribution is -0.118. The zero-order valence-corrected chi connectivity index (χ0v) is 19.9. The quantitative estimate of drug-likeness (QED) is 0.412. The van der Waals surface area contributed by atoms with Crippen molar-refractivity contribution >= 4 is 17.9 Å². The van der Waals surface area contributed by atoms with Gasteiger partial charge >= 0.3 is 0 Å². The largest absolute Gasteiger partial charge is 0.490 e. The lowest BCUT2D eigenvalue weighted by Crippen LogP contribution is -2.36. The van der Waals surface area contributed by atoms with Gasteiger partial charge in [0.05, 0.1) is 25.5 Å². The minimum atomic E-state index is -0.447. The fraction of sp³-hybridized carbons (Fsp3) is 0.259. The molecular formula is C27H30N2O5. The average Bonchev–Trinajstić information content (AvgIpc) is 3.33. The van der Waals surface area contributed by atoms with Crippen molar-refractivity contribution in [2.24, 2.45) is 0 Å². The molecule has 0 fully saturated rings. The number of furan rings is 1. The second-order valence-electron chi connectivity index (χ2n) is 7.66. The molecule has 1 aromatic heterocycles. The van der Waals surface area contributed by atoms with E-state index in [2.05, 4.69) is 10.6 Å². The molecule has 7 nitrogen and oxygen atoms in total. The number of benzene rings is 2. The highest BCUT2D eigenvalue weighted by Crippen LogP contribution is 2.30. The summed E-state index contributed by atoms with van der Waals surface area (Å²) >= 11 is 0. The SMILES string of the molecule is CCOc1ccc([C@@H](C)NC(=O)/C(=C/c2ccco2)NC(=O)c2cccc(C)c2)cc1OCC. The smallest absolute Gasteiger partial charge is 0.268 e. The predicted octanol–water partition coefficient (Wildman–Crippen LogP) is 5.03. The molecule has 1 atom stereocenters. The monoisotopic (exact) mass is 462 g/mol. The first-order valence-electron chi connectivity index (χ1n) is 11.2. The van der Waals surface area contributed by atoms with Gasteiger partial charge in [0.15, 0.2) is 11.5 Å². The van der Waals surface area contributed by atoms with Crippen LogP contribution in [0.3, 0.4) is 0 Å². The zero-order valence-electron chi connectivity index (χ0n) is 19.9. The number of rotatable bonds is 10. The predicted molar refractivity (Wildman–Crippen MR) is 131 cm³/mol. The molecule has 7 heteroatoms. The van der Waals surface area contributed by atoms with Gasteiger partial charge in [0.2, 0.25) is 0 Å². The zero-order chi connectivity index (χ0) is 24.5. The summed E-state index contributed by atoms with van der Waals surface area (Å²) in [5.74, 6) is 0.875. The highest BCUT2D eigenvalue weighted by atomic mass is 16.5. The molecule has 0 aliphatic heterocycles. The van der Waals surface area contributed by atoms with Gasteiger partial charge in [-0.25, -0.2) is 0 Å². The number of ether oxygens (including phenoxy) is 2. The van der Waals surface area contributed by atoms with Crippen LogP contribution in [0.5, 0.6) is 11.5 Å². The van der Waals surface area contributed by atoms with Crippen LogP contribution in [0.1, 0.15) is 54.1 Å². The summed E-state index contributed by atoms with van der Waals surface area (Å²) in [6.07, 6.45) is 3.00. The highest BCUT2D eigenvalue weighted by Gasteiger charge is 2.19. The fourth-order valence-electron chi connectivity index (χ4n) is 3.35. The lowest BCUT2D eigenvalue weighted by Gasteiger charge is -2.19. The molecule has 34 heavy (non-hydrogen) atoms. The third-order valence-electron chi connectivity index (χ3n) is 5.02. The van der Waals surface area contributed by atoms with Crippen LogP contribution in [-0.2, 0) is 4.79 Å². The number of nitrogens with one attached hydrogen (secondary N) is 2. The number of carbonyl (C=O) groups excluding carboxylic acids is 2.